The van der Waals surface area contributed by atoms with Crippen LogP contribution in [0.1, 0.15) is 30.5 Å². The second kappa shape index (κ2) is 6.01. The highest BCUT2D eigenvalue weighted by Gasteiger charge is 2.20. The summed E-state index contributed by atoms with van der Waals surface area (Å²) >= 11 is 0. The van der Waals surface area contributed by atoms with E-state index in [1.165, 1.54) is 22.3 Å². The molecule has 1 nitrogen and oxygen atoms in total. The molecule has 0 aromatic heterocycles. The first-order chi connectivity index (χ1) is 10.3. The third kappa shape index (κ3) is 2.78. The molecule has 1 heteroatoms. The van der Waals surface area contributed by atoms with E-state index in [9.17, 15) is 0 Å². The molecule has 1 heterocycles. The van der Waals surface area contributed by atoms with Gasteiger partial charge in [0, 0.05) is 18.8 Å². The van der Waals surface area contributed by atoms with Crippen molar-refractivity contribution in [1.29, 1.82) is 0 Å². The lowest BCUT2D eigenvalue weighted by atomic mass is 9.90. The minimum Gasteiger partial charge on any atom is -0.369 e. The third-order valence-electron chi connectivity index (χ3n) is 4.08. The van der Waals surface area contributed by atoms with E-state index in [2.05, 4.69) is 91.8 Å². The maximum absolute atomic E-state index is 2.40. The van der Waals surface area contributed by atoms with E-state index in [0.717, 1.165) is 6.42 Å². The molecule has 1 aliphatic heterocycles. The molecule has 0 N–H and O–H groups in total. The van der Waals surface area contributed by atoms with Crippen molar-refractivity contribution in [3.63, 3.8) is 0 Å². The number of allylic oxidation sites excluding steroid dienone is 2. The van der Waals surface area contributed by atoms with Gasteiger partial charge in [0.15, 0.2) is 0 Å². The quantitative estimate of drug-likeness (QED) is 0.757. The van der Waals surface area contributed by atoms with E-state index < -0.39 is 0 Å². The van der Waals surface area contributed by atoms with Gasteiger partial charge in [0.05, 0.1) is 6.04 Å². The number of likely N-dealkylation sites (N-methyl/N-ethyl adjacent to an activating group) is 1. The predicted octanol–water partition coefficient (Wildman–Crippen LogP) is 5.05. The van der Waals surface area contributed by atoms with Crippen LogP contribution in [0.15, 0.2) is 78.5 Å². The Morgan fingerprint density at radius 3 is 2.14 bits per heavy atom. The van der Waals surface area contributed by atoms with E-state index in [1.54, 1.807) is 0 Å². The molecule has 0 saturated carbocycles. The molecule has 0 radical (unpaired) electrons. The summed E-state index contributed by atoms with van der Waals surface area (Å²) in [6, 6.07) is 21.7. The predicted molar refractivity (Wildman–Crippen MR) is 89.7 cm³/mol. The van der Waals surface area contributed by atoms with Gasteiger partial charge in [0.1, 0.15) is 0 Å². The topological polar surface area (TPSA) is 3.24 Å². The highest BCUT2D eigenvalue weighted by molar-refractivity contribution is 5.79. The Balaban J connectivity index is 1.99. The molecule has 0 bridgehead atoms. The second-order valence-corrected chi connectivity index (χ2v) is 5.48. The molecule has 0 fully saturated rings. The van der Waals surface area contributed by atoms with Crippen LogP contribution in [0.5, 0.6) is 0 Å². The van der Waals surface area contributed by atoms with Gasteiger partial charge in [-0.1, -0.05) is 73.7 Å². The lowest BCUT2D eigenvalue weighted by molar-refractivity contribution is 0.389. The minimum atomic E-state index is 0.327. The maximum Gasteiger partial charge on any atom is 0.0724 e. The zero-order valence-electron chi connectivity index (χ0n) is 12.7. The fraction of sp³-hybridized carbons (Fsp3) is 0.200. The molecule has 1 aliphatic rings. The van der Waals surface area contributed by atoms with E-state index in [1.807, 2.05) is 0 Å². The molecule has 2 aromatic carbocycles. The largest absolute Gasteiger partial charge is 0.369 e. The van der Waals surface area contributed by atoms with Crippen LogP contribution in [0.3, 0.4) is 0 Å². The molecule has 3 rings (SSSR count). The fourth-order valence-corrected chi connectivity index (χ4v) is 2.93. The lowest BCUT2D eigenvalue weighted by Crippen LogP contribution is -2.21. The first-order valence-corrected chi connectivity index (χ1v) is 7.54. The number of hydrogen-bond donors (Lipinski definition) is 0. The van der Waals surface area contributed by atoms with E-state index >= 15 is 0 Å². The van der Waals surface area contributed by atoms with Crippen molar-refractivity contribution < 1.29 is 0 Å². The molecular formula is C20H21N. The molecular weight excluding hydrogens is 254 g/mol. The average molecular weight is 275 g/mol. The van der Waals surface area contributed by atoms with E-state index in [-0.39, 0.29) is 0 Å². The fourth-order valence-electron chi connectivity index (χ4n) is 2.93. The van der Waals surface area contributed by atoms with Crippen LogP contribution >= 0.6 is 0 Å². The summed E-state index contributed by atoms with van der Waals surface area (Å²) in [5.41, 5.74) is 5.40. The van der Waals surface area contributed by atoms with Gasteiger partial charge in [-0.2, -0.15) is 0 Å². The number of hydrogen-bond acceptors (Lipinski definition) is 1. The van der Waals surface area contributed by atoms with Crippen LogP contribution in [0.4, 0.5) is 0 Å². The van der Waals surface area contributed by atoms with Crippen LogP contribution in [0.2, 0.25) is 0 Å². The summed E-state index contributed by atoms with van der Waals surface area (Å²) < 4.78 is 0. The van der Waals surface area contributed by atoms with Crippen LogP contribution < -0.4 is 0 Å². The maximum atomic E-state index is 2.40. The summed E-state index contributed by atoms with van der Waals surface area (Å²) in [4.78, 5) is 2.30. The van der Waals surface area contributed by atoms with Gasteiger partial charge >= 0.3 is 0 Å². The number of benzene rings is 2. The molecule has 0 spiro atoms. The number of nitrogens with zero attached hydrogens (tertiary/aromatic N) is 1. The molecule has 2 aromatic rings. The van der Waals surface area contributed by atoms with Crippen molar-refractivity contribution in [1.82, 2.24) is 4.90 Å². The van der Waals surface area contributed by atoms with Crippen molar-refractivity contribution in [2.45, 2.75) is 19.4 Å². The van der Waals surface area contributed by atoms with Crippen LogP contribution in [0, 0.1) is 0 Å². The van der Waals surface area contributed by atoms with Gasteiger partial charge in [0.25, 0.3) is 0 Å². The minimum absolute atomic E-state index is 0.327. The SMILES string of the molecule is CCC1=CC(c2ccccc2)N(C)C=C1c1ccccc1. The summed E-state index contributed by atoms with van der Waals surface area (Å²) in [5, 5.41) is 0. The summed E-state index contributed by atoms with van der Waals surface area (Å²) in [7, 11) is 2.16. The summed E-state index contributed by atoms with van der Waals surface area (Å²) in [6.07, 6.45) is 5.74. The van der Waals surface area contributed by atoms with Gasteiger partial charge in [-0.25, -0.2) is 0 Å². The molecule has 0 amide bonds. The van der Waals surface area contributed by atoms with Crippen LogP contribution in [0.25, 0.3) is 5.57 Å². The normalized spacial score (nSPS) is 18.2. The van der Waals surface area contributed by atoms with Gasteiger partial charge in [-0.15, -0.1) is 0 Å². The summed E-state index contributed by atoms with van der Waals surface area (Å²) in [6.45, 7) is 2.23. The average Bonchev–Trinajstić information content (AvgIpc) is 2.56. The second-order valence-electron chi connectivity index (χ2n) is 5.48. The smallest absolute Gasteiger partial charge is 0.0724 e. The molecule has 21 heavy (non-hydrogen) atoms. The van der Waals surface area contributed by atoms with Gasteiger partial charge < -0.3 is 4.90 Å². The highest BCUT2D eigenvalue weighted by Crippen LogP contribution is 2.35. The Morgan fingerprint density at radius 1 is 0.905 bits per heavy atom. The van der Waals surface area contributed by atoms with Crippen molar-refractivity contribution >= 4 is 5.57 Å². The van der Waals surface area contributed by atoms with E-state index in [0.29, 0.717) is 6.04 Å². The molecule has 1 atom stereocenters. The van der Waals surface area contributed by atoms with Gasteiger partial charge in [-0.3, -0.25) is 0 Å². The van der Waals surface area contributed by atoms with Crippen LogP contribution in [-0.2, 0) is 0 Å². The summed E-state index contributed by atoms with van der Waals surface area (Å²) in [5.74, 6) is 0. The Kier molecular flexibility index (Phi) is 3.92. The number of rotatable bonds is 3. The zero-order chi connectivity index (χ0) is 14.7. The Morgan fingerprint density at radius 2 is 1.52 bits per heavy atom. The highest BCUT2D eigenvalue weighted by atomic mass is 15.1. The zero-order valence-corrected chi connectivity index (χ0v) is 12.7. The first kappa shape index (κ1) is 13.7. The molecule has 0 saturated heterocycles. The molecule has 106 valence electrons. The van der Waals surface area contributed by atoms with Gasteiger partial charge in [0.2, 0.25) is 0 Å². The van der Waals surface area contributed by atoms with Crippen LogP contribution in [-0.4, -0.2) is 11.9 Å². The monoisotopic (exact) mass is 275 g/mol. The lowest BCUT2D eigenvalue weighted by Gasteiger charge is -2.31. The Hall–Kier alpha value is -2.28. The van der Waals surface area contributed by atoms with Gasteiger partial charge in [-0.05, 0) is 23.1 Å². The standard InChI is InChI=1S/C20H21N/c1-3-16-14-20(18-12-8-5-9-13-18)21(2)15-19(16)17-10-6-4-7-11-17/h4-15,20H,3H2,1-2H3. The molecule has 1 unspecified atom stereocenters. The van der Waals surface area contributed by atoms with Crippen molar-refractivity contribution in [2.75, 3.05) is 7.05 Å². The van der Waals surface area contributed by atoms with Crippen molar-refractivity contribution in [2.24, 2.45) is 0 Å². The Bertz CT molecular complexity index is 653. The third-order valence-corrected chi connectivity index (χ3v) is 4.08. The van der Waals surface area contributed by atoms with Crippen molar-refractivity contribution in [3.8, 4) is 0 Å². The molecule has 0 aliphatic carbocycles. The Labute approximate surface area is 127 Å². The van der Waals surface area contributed by atoms with E-state index in [4.69, 9.17) is 0 Å². The first-order valence-electron chi connectivity index (χ1n) is 7.54. The van der Waals surface area contributed by atoms with Crippen molar-refractivity contribution in [3.05, 3.63) is 89.6 Å².